The highest BCUT2D eigenvalue weighted by Gasteiger charge is 2.21. The van der Waals surface area contributed by atoms with Crippen LogP contribution in [0.25, 0.3) is 0 Å². The summed E-state index contributed by atoms with van der Waals surface area (Å²) in [6.07, 6.45) is 0.605. The van der Waals surface area contributed by atoms with Crippen molar-refractivity contribution < 1.29 is 4.79 Å². The van der Waals surface area contributed by atoms with E-state index >= 15 is 0 Å². The quantitative estimate of drug-likeness (QED) is 0.371. The second kappa shape index (κ2) is 3.46. The van der Waals surface area contributed by atoms with Gasteiger partial charge >= 0.3 is 0 Å². The minimum atomic E-state index is -0.535. The lowest BCUT2D eigenvalue weighted by Gasteiger charge is -2.27. The Morgan fingerprint density at radius 2 is 2.25 bits per heavy atom. The third kappa shape index (κ3) is 1.47. The Morgan fingerprint density at radius 1 is 1.67 bits per heavy atom. The van der Waals surface area contributed by atoms with Gasteiger partial charge in [-0.25, -0.2) is 4.99 Å². The zero-order valence-electron chi connectivity index (χ0n) is 6.71. The van der Waals surface area contributed by atoms with E-state index in [1.807, 2.05) is 0 Å². The molecular formula is C7H8Cl2N2O. The second-order valence-electron chi connectivity index (χ2n) is 2.45. The van der Waals surface area contributed by atoms with Crippen LogP contribution in [-0.4, -0.2) is 29.6 Å². The minimum absolute atomic E-state index is 0.215. The first kappa shape index (κ1) is 9.55. The van der Waals surface area contributed by atoms with Crippen molar-refractivity contribution in [3.63, 3.8) is 0 Å². The van der Waals surface area contributed by atoms with E-state index in [1.54, 1.807) is 18.9 Å². The lowest BCUT2D eigenvalue weighted by atomic mass is 10.2. The van der Waals surface area contributed by atoms with Gasteiger partial charge < -0.3 is 4.90 Å². The maximum Gasteiger partial charge on any atom is 0.198 e. The molecular weight excluding hydrogens is 199 g/mol. The summed E-state index contributed by atoms with van der Waals surface area (Å²) in [5.74, 6) is 0. The number of allylic oxidation sites excluding steroid dienone is 2. The van der Waals surface area contributed by atoms with Gasteiger partial charge in [-0.2, -0.15) is 0 Å². The molecule has 12 heavy (non-hydrogen) atoms. The van der Waals surface area contributed by atoms with Crippen LogP contribution in [0.5, 0.6) is 0 Å². The van der Waals surface area contributed by atoms with Crippen LogP contribution in [0.15, 0.2) is 15.7 Å². The Kier molecular flexibility index (Phi) is 2.75. The molecule has 3 nitrogen and oxygen atoms in total. The molecule has 0 aliphatic carbocycles. The van der Waals surface area contributed by atoms with Crippen LogP contribution in [0.4, 0.5) is 0 Å². The highest BCUT2D eigenvalue weighted by molar-refractivity contribution is 6.55. The summed E-state index contributed by atoms with van der Waals surface area (Å²) in [6, 6.07) is 0. The molecule has 1 rings (SSSR count). The third-order valence-electron chi connectivity index (χ3n) is 1.75. The normalized spacial score (nSPS) is 24.2. The molecule has 0 radical (unpaired) electrons. The van der Waals surface area contributed by atoms with Crippen LogP contribution in [0, 0.1) is 0 Å². The van der Waals surface area contributed by atoms with E-state index in [1.165, 1.54) is 0 Å². The highest BCUT2D eigenvalue weighted by atomic mass is 35.5. The van der Waals surface area contributed by atoms with Gasteiger partial charge in [-0.1, -0.05) is 23.2 Å². The molecule has 0 saturated heterocycles. The lowest BCUT2D eigenvalue weighted by molar-refractivity contribution is -0.102. The summed E-state index contributed by atoms with van der Waals surface area (Å²) in [6.45, 7) is 1.79. The first-order chi connectivity index (χ1) is 5.57. The number of aldehydes is 1. The minimum Gasteiger partial charge on any atom is -0.343 e. The smallest absolute Gasteiger partial charge is 0.198 e. The number of hydrogen-bond acceptors (Lipinski definition) is 3. The van der Waals surface area contributed by atoms with E-state index in [0.29, 0.717) is 11.3 Å². The molecule has 1 aliphatic rings. The molecule has 1 aliphatic heterocycles. The fourth-order valence-electron chi connectivity index (χ4n) is 0.840. The van der Waals surface area contributed by atoms with Gasteiger partial charge in [0.1, 0.15) is 5.71 Å². The Hall–Kier alpha value is -0.540. The van der Waals surface area contributed by atoms with E-state index in [9.17, 15) is 4.79 Å². The molecule has 1 heterocycles. The maximum absolute atomic E-state index is 10.4. The molecule has 0 amide bonds. The average molecular weight is 207 g/mol. The van der Waals surface area contributed by atoms with Crippen molar-refractivity contribution >= 4 is 35.2 Å². The van der Waals surface area contributed by atoms with Gasteiger partial charge in [0.25, 0.3) is 0 Å². The van der Waals surface area contributed by atoms with Gasteiger partial charge in [-0.3, -0.25) is 4.79 Å². The molecule has 0 aromatic heterocycles. The van der Waals surface area contributed by atoms with Gasteiger partial charge in [0.05, 0.1) is 5.03 Å². The molecule has 1 unspecified atom stereocenters. The van der Waals surface area contributed by atoms with E-state index in [0.717, 1.165) is 5.70 Å². The van der Waals surface area contributed by atoms with Crippen LogP contribution in [-0.2, 0) is 4.79 Å². The molecule has 0 aromatic rings. The number of halogens is 2. The van der Waals surface area contributed by atoms with Crippen molar-refractivity contribution in [1.82, 2.24) is 4.90 Å². The monoisotopic (exact) mass is 206 g/mol. The first-order valence-electron chi connectivity index (χ1n) is 3.34. The van der Waals surface area contributed by atoms with Crippen LogP contribution < -0.4 is 0 Å². The van der Waals surface area contributed by atoms with Crippen molar-refractivity contribution in [3.8, 4) is 0 Å². The van der Waals surface area contributed by atoms with Crippen molar-refractivity contribution in [1.29, 1.82) is 0 Å². The van der Waals surface area contributed by atoms with E-state index in [2.05, 4.69) is 4.99 Å². The van der Waals surface area contributed by atoms with Crippen LogP contribution in [0.1, 0.15) is 6.92 Å². The number of hydrogen-bond donors (Lipinski definition) is 0. The molecule has 0 fully saturated rings. The van der Waals surface area contributed by atoms with Crippen molar-refractivity contribution in [2.24, 2.45) is 4.99 Å². The van der Waals surface area contributed by atoms with Crippen LogP contribution >= 0.6 is 23.2 Å². The van der Waals surface area contributed by atoms with Crippen molar-refractivity contribution in [3.05, 3.63) is 10.7 Å². The third-order valence-corrected chi connectivity index (χ3v) is 2.61. The number of carbonyl (C=O) groups excluding carboxylic acids is 1. The number of carbonyl (C=O) groups is 1. The Morgan fingerprint density at radius 3 is 2.75 bits per heavy atom. The molecule has 0 bridgehead atoms. The second-order valence-corrected chi connectivity index (χ2v) is 3.22. The predicted molar refractivity (Wildman–Crippen MR) is 49.5 cm³/mol. The SMILES string of the molecule is CC1=C(Cl)C(C=O)=NC(Cl)N1C. The topological polar surface area (TPSA) is 32.7 Å². The van der Waals surface area contributed by atoms with Crippen LogP contribution in [0.3, 0.4) is 0 Å². The van der Waals surface area contributed by atoms with Crippen molar-refractivity contribution in [2.75, 3.05) is 7.05 Å². The molecule has 1 atom stereocenters. The fourth-order valence-corrected chi connectivity index (χ4v) is 1.32. The molecule has 0 saturated carbocycles. The summed E-state index contributed by atoms with van der Waals surface area (Å²) in [4.78, 5) is 16.0. The number of nitrogens with zero attached hydrogens (tertiary/aromatic N) is 2. The molecule has 5 heteroatoms. The number of alkyl halides is 1. The van der Waals surface area contributed by atoms with Crippen LogP contribution in [0.2, 0.25) is 0 Å². The summed E-state index contributed by atoms with van der Waals surface area (Å²) in [7, 11) is 1.76. The summed E-state index contributed by atoms with van der Waals surface area (Å²) >= 11 is 11.6. The van der Waals surface area contributed by atoms with Gasteiger partial charge in [-0.15, -0.1) is 0 Å². The Bertz CT molecular complexity index is 273. The van der Waals surface area contributed by atoms with Gasteiger partial charge in [0, 0.05) is 12.7 Å². The first-order valence-corrected chi connectivity index (χ1v) is 4.16. The van der Waals surface area contributed by atoms with E-state index in [4.69, 9.17) is 23.2 Å². The molecule has 0 aromatic carbocycles. The number of rotatable bonds is 1. The predicted octanol–water partition coefficient (Wildman–Crippen LogP) is 1.56. The average Bonchev–Trinajstić information content (AvgIpc) is 2.08. The summed E-state index contributed by atoms with van der Waals surface area (Å²) < 4.78 is 0. The highest BCUT2D eigenvalue weighted by Crippen LogP contribution is 2.23. The molecule has 0 spiro atoms. The van der Waals surface area contributed by atoms with Crippen molar-refractivity contribution in [2.45, 2.75) is 12.5 Å². The standard InChI is InChI=1S/C7H8Cl2N2O/c1-4-6(8)5(3-12)10-7(9)11(4)2/h3,7H,1-2H3. The zero-order chi connectivity index (χ0) is 9.30. The Labute approximate surface area is 80.7 Å². The fraction of sp³-hybridized carbons (Fsp3) is 0.429. The van der Waals surface area contributed by atoms with Gasteiger partial charge in [0.15, 0.2) is 11.9 Å². The number of aliphatic imine (C=N–C) groups is 1. The molecule has 0 N–H and O–H groups in total. The van der Waals surface area contributed by atoms with E-state index in [-0.39, 0.29) is 5.71 Å². The molecule has 66 valence electrons. The summed E-state index contributed by atoms with van der Waals surface area (Å²) in [5.41, 5.74) is 0.439. The van der Waals surface area contributed by atoms with Gasteiger partial charge in [-0.05, 0) is 6.92 Å². The maximum atomic E-state index is 10.4. The summed E-state index contributed by atoms with van der Waals surface area (Å²) in [5, 5.41) is 0.365. The Balaban J connectivity index is 3.08. The van der Waals surface area contributed by atoms with Gasteiger partial charge in [0.2, 0.25) is 0 Å². The van der Waals surface area contributed by atoms with E-state index < -0.39 is 5.62 Å². The zero-order valence-corrected chi connectivity index (χ0v) is 8.23. The lowest BCUT2D eigenvalue weighted by Crippen LogP contribution is -2.30. The largest absolute Gasteiger partial charge is 0.343 e.